The van der Waals surface area contributed by atoms with E-state index in [1.54, 1.807) is 13.8 Å². The summed E-state index contributed by atoms with van der Waals surface area (Å²) in [6, 6.07) is 3.05. The fraction of sp³-hybridized carbons (Fsp3) is 0.500. The molecule has 0 fully saturated rings. The number of hydrogen-bond donors (Lipinski definition) is 2. The summed E-state index contributed by atoms with van der Waals surface area (Å²) in [4.78, 5) is 36.6. The van der Waals surface area contributed by atoms with Gasteiger partial charge in [-0.05, 0) is 25.3 Å². The standard InChI is InChI=1S/C14H20N2O4S/c1-9(2)16(8-14(19)20)13(18)7-11(15-10(3)17)12-5-4-6-21-12/h4-6,9,11H,7-8H2,1-3H3,(H,15,17)(H,19,20). The van der Waals surface area contributed by atoms with Gasteiger partial charge in [0.2, 0.25) is 11.8 Å². The number of rotatable bonds is 7. The molecule has 0 aliphatic rings. The second-order valence-corrected chi connectivity index (χ2v) is 5.96. The Kier molecular flexibility index (Phi) is 6.36. The number of carboxylic acids is 1. The molecule has 1 rings (SSSR count). The summed E-state index contributed by atoms with van der Waals surface area (Å²) >= 11 is 1.45. The Balaban J connectivity index is 2.83. The van der Waals surface area contributed by atoms with E-state index in [1.807, 2.05) is 17.5 Å². The van der Waals surface area contributed by atoms with E-state index in [0.29, 0.717) is 0 Å². The van der Waals surface area contributed by atoms with E-state index >= 15 is 0 Å². The van der Waals surface area contributed by atoms with E-state index in [0.717, 1.165) is 4.88 Å². The Morgan fingerprint density at radius 3 is 2.48 bits per heavy atom. The summed E-state index contributed by atoms with van der Waals surface area (Å²) < 4.78 is 0. The van der Waals surface area contributed by atoms with Crippen molar-refractivity contribution >= 4 is 29.1 Å². The highest BCUT2D eigenvalue weighted by Gasteiger charge is 2.25. The minimum absolute atomic E-state index is 0.0472. The number of aliphatic carboxylic acids is 1. The molecule has 0 spiro atoms. The smallest absolute Gasteiger partial charge is 0.323 e. The van der Waals surface area contributed by atoms with Crippen molar-refractivity contribution in [2.45, 2.75) is 39.3 Å². The summed E-state index contributed by atoms with van der Waals surface area (Å²) in [5.41, 5.74) is 0. The van der Waals surface area contributed by atoms with Crippen LogP contribution in [0.3, 0.4) is 0 Å². The number of carboxylic acid groups (broad SMARTS) is 1. The zero-order valence-corrected chi connectivity index (χ0v) is 13.1. The number of amides is 2. The predicted octanol–water partition coefficient (Wildman–Crippen LogP) is 1.64. The van der Waals surface area contributed by atoms with Gasteiger partial charge >= 0.3 is 5.97 Å². The maximum atomic E-state index is 12.3. The molecule has 6 nitrogen and oxygen atoms in total. The summed E-state index contributed by atoms with van der Waals surface area (Å²) in [7, 11) is 0. The molecular formula is C14H20N2O4S. The van der Waals surface area contributed by atoms with Crippen molar-refractivity contribution in [3.63, 3.8) is 0 Å². The van der Waals surface area contributed by atoms with Crippen LogP contribution >= 0.6 is 11.3 Å². The van der Waals surface area contributed by atoms with Crippen LogP contribution in [0.1, 0.15) is 38.1 Å². The molecule has 7 heteroatoms. The van der Waals surface area contributed by atoms with Crippen LogP contribution in [-0.4, -0.2) is 40.4 Å². The first-order chi connectivity index (χ1) is 9.81. The van der Waals surface area contributed by atoms with Crippen LogP contribution in [0.25, 0.3) is 0 Å². The van der Waals surface area contributed by atoms with Gasteiger partial charge in [0.05, 0.1) is 12.5 Å². The Morgan fingerprint density at radius 1 is 1.38 bits per heavy atom. The Hall–Kier alpha value is -1.89. The van der Waals surface area contributed by atoms with E-state index in [4.69, 9.17) is 5.11 Å². The zero-order chi connectivity index (χ0) is 16.0. The topological polar surface area (TPSA) is 86.7 Å². The molecule has 1 atom stereocenters. The highest BCUT2D eigenvalue weighted by atomic mass is 32.1. The van der Waals surface area contributed by atoms with Crippen LogP contribution in [-0.2, 0) is 14.4 Å². The Bertz CT molecular complexity index is 499. The average Bonchev–Trinajstić information content (AvgIpc) is 2.87. The van der Waals surface area contributed by atoms with E-state index < -0.39 is 12.0 Å². The number of nitrogens with zero attached hydrogens (tertiary/aromatic N) is 1. The minimum Gasteiger partial charge on any atom is -0.480 e. The third kappa shape index (κ3) is 5.55. The van der Waals surface area contributed by atoms with Crippen molar-refractivity contribution < 1.29 is 19.5 Å². The molecule has 1 heterocycles. The summed E-state index contributed by atoms with van der Waals surface area (Å²) in [5, 5.41) is 13.5. The molecule has 0 radical (unpaired) electrons. The molecule has 2 amide bonds. The fourth-order valence-corrected chi connectivity index (χ4v) is 2.73. The van der Waals surface area contributed by atoms with Gasteiger partial charge in [-0.25, -0.2) is 0 Å². The van der Waals surface area contributed by atoms with E-state index in [2.05, 4.69) is 5.32 Å². The molecular weight excluding hydrogens is 292 g/mol. The molecule has 1 aromatic rings. The summed E-state index contributed by atoms with van der Waals surface area (Å²) in [6.45, 7) is 4.58. The molecule has 0 saturated carbocycles. The average molecular weight is 312 g/mol. The lowest BCUT2D eigenvalue weighted by molar-refractivity contribution is -0.146. The quantitative estimate of drug-likeness (QED) is 0.801. The van der Waals surface area contributed by atoms with Gasteiger partial charge in [0.15, 0.2) is 0 Å². The first-order valence-corrected chi connectivity index (χ1v) is 7.51. The van der Waals surface area contributed by atoms with E-state index in [1.165, 1.54) is 23.2 Å². The van der Waals surface area contributed by atoms with Crippen molar-refractivity contribution in [2.24, 2.45) is 0 Å². The van der Waals surface area contributed by atoms with E-state index in [-0.39, 0.29) is 30.8 Å². The fourth-order valence-electron chi connectivity index (χ4n) is 1.95. The molecule has 0 aliphatic heterocycles. The van der Waals surface area contributed by atoms with Crippen molar-refractivity contribution in [1.82, 2.24) is 10.2 Å². The maximum absolute atomic E-state index is 12.3. The Labute approximate surface area is 127 Å². The van der Waals surface area contributed by atoms with Gasteiger partial charge in [-0.1, -0.05) is 6.07 Å². The lowest BCUT2D eigenvalue weighted by atomic mass is 10.1. The highest BCUT2D eigenvalue weighted by molar-refractivity contribution is 7.10. The van der Waals surface area contributed by atoms with Gasteiger partial charge in [0.25, 0.3) is 0 Å². The SMILES string of the molecule is CC(=O)NC(CC(=O)N(CC(=O)O)C(C)C)c1cccs1. The molecule has 116 valence electrons. The van der Waals surface area contributed by atoms with Crippen molar-refractivity contribution in [3.8, 4) is 0 Å². The predicted molar refractivity (Wildman–Crippen MR) is 80.0 cm³/mol. The maximum Gasteiger partial charge on any atom is 0.323 e. The first-order valence-electron chi connectivity index (χ1n) is 6.63. The Morgan fingerprint density at radius 2 is 2.05 bits per heavy atom. The number of nitrogens with one attached hydrogen (secondary N) is 1. The lowest BCUT2D eigenvalue weighted by Crippen LogP contribution is -2.42. The summed E-state index contributed by atoms with van der Waals surface area (Å²) in [5.74, 6) is -1.57. The second-order valence-electron chi connectivity index (χ2n) is 4.98. The third-order valence-electron chi connectivity index (χ3n) is 2.89. The van der Waals surface area contributed by atoms with Crippen LogP contribution in [0.5, 0.6) is 0 Å². The lowest BCUT2D eigenvalue weighted by Gasteiger charge is -2.27. The van der Waals surface area contributed by atoms with Gasteiger partial charge in [0, 0.05) is 17.8 Å². The van der Waals surface area contributed by atoms with Gasteiger partial charge in [0.1, 0.15) is 6.54 Å². The van der Waals surface area contributed by atoms with Gasteiger partial charge in [-0.3, -0.25) is 14.4 Å². The van der Waals surface area contributed by atoms with E-state index in [9.17, 15) is 14.4 Å². The molecule has 0 aliphatic carbocycles. The van der Waals surface area contributed by atoms with Crippen LogP contribution < -0.4 is 5.32 Å². The van der Waals surface area contributed by atoms with Gasteiger partial charge < -0.3 is 15.3 Å². The zero-order valence-electron chi connectivity index (χ0n) is 12.3. The largest absolute Gasteiger partial charge is 0.480 e. The van der Waals surface area contributed by atoms with Crippen molar-refractivity contribution in [1.29, 1.82) is 0 Å². The highest BCUT2D eigenvalue weighted by Crippen LogP contribution is 2.23. The van der Waals surface area contributed by atoms with Crippen LogP contribution in [0.4, 0.5) is 0 Å². The van der Waals surface area contributed by atoms with Crippen LogP contribution in [0.2, 0.25) is 0 Å². The summed E-state index contributed by atoms with van der Waals surface area (Å²) in [6.07, 6.45) is 0.0472. The number of hydrogen-bond acceptors (Lipinski definition) is 4. The monoisotopic (exact) mass is 312 g/mol. The van der Waals surface area contributed by atoms with Crippen molar-refractivity contribution in [2.75, 3.05) is 6.54 Å². The van der Waals surface area contributed by atoms with Crippen LogP contribution in [0, 0.1) is 0 Å². The second kappa shape index (κ2) is 7.78. The van der Waals surface area contributed by atoms with Crippen LogP contribution in [0.15, 0.2) is 17.5 Å². The molecule has 0 aromatic carbocycles. The number of thiophene rings is 1. The molecule has 1 aromatic heterocycles. The first kappa shape index (κ1) is 17.2. The molecule has 21 heavy (non-hydrogen) atoms. The molecule has 0 bridgehead atoms. The normalized spacial score (nSPS) is 12.0. The van der Waals surface area contributed by atoms with Gasteiger partial charge in [-0.2, -0.15) is 0 Å². The number of carbonyl (C=O) groups is 3. The molecule has 2 N–H and O–H groups in total. The van der Waals surface area contributed by atoms with Crippen molar-refractivity contribution in [3.05, 3.63) is 22.4 Å². The number of carbonyl (C=O) groups excluding carboxylic acids is 2. The minimum atomic E-state index is -1.05. The molecule has 1 unspecified atom stereocenters. The third-order valence-corrected chi connectivity index (χ3v) is 3.88. The van der Waals surface area contributed by atoms with Gasteiger partial charge in [-0.15, -0.1) is 11.3 Å². The molecule has 0 saturated heterocycles.